The monoisotopic (exact) mass is 417 g/mol. The first-order valence-electron chi connectivity index (χ1n) is 10.9. The summed E-state index contributed by atoms with van der Waals surface area (Å²) < 4.78 is 24.7. The van der Waals surface area contributed by atoms with Gasteiger partial charge in [0.1, 0.15) is 12.4 Å². The summed E-state index contributed by atoms with van der Waals surface area (Å²) in [7, 11) is 1.74. The van der Waals surface area contributed by atoms with E-state index >= 15 is 0 Å². The number of rotatable bonds is 6. The Morgan fingerprint density at radius 2 is 2.07 bits per heavy atom. The lowest BCUT2D eigenvalue weighted by molar-refractivity contribution is -0.138. The molecule has 0 aromatic heterocycles. The normalized spacial score (nSPS) is 30.4. The Kier molecular flexibility index (Phi) is 5.51. The van der Waals surface area contributed by atoms with Crippen LogP contribution < -0.4 is 10.5 Å². The van der Waals surface area contributed by atoms with Crippen molar-refractivity contribution >= 4 is 11.9 Å². The highest BCUT2D eigenvalue weighted by Gasteiger charge is 2.66. The zero-order valence-corrected chi connectivity index (χ0v) is 18.1. The van der Waals surface area contributed by atoms with E-state index in [1.165, 1.54) is 4.90 Å². The van der Waals surface area contributed by atoms with Gasteiger partial charge >= 0.3 is 0 Å². The quantitative estimate of drug-likeness (QED) is 0.771. The molecule has 3 aliphatic rings. The number of benzene rings is 1. The smallest absolute Gasteiger partial charge is 0.262 e. The number of nitrogens with two attached hydrogens (primary N) is 1. The number of alkyl halides is 1. The molecule has 1 aromatic carbocycles. The summed E-state index contributed by atoms with van der Waals surface area (Å²) in [4.78, 5) is 19.9. The van der Waals surface area contributed by atoms with Gasteiger partial charge in [-0.15, -0.1) is 0 Å². The Morgan fingerprint density at radius 3 is 2.70 bits per heavy atom. The molecule has 0 radical (unpaired) electrons. The Hall–Kier alpha value is -2.15. The molecule has 2 N–H and O–H groups in total. The van der Waals surface area contributed by atoms with Crippen LogP contribution in [0, 0.1) is 11.3 Å². The van der Waals surface area contributed by atoms with Gasteiger partial charge < -0.3 is 15.2 Å². The highest BCUT2D eigenvalue weighted by atomic mass is 19.1. The van der Waals surface area contributed by atoms with Crippen LogP contribution in [0.5, 0.6) is 5.75 Å². The van der Waals surface area contributed by atoms with Crippen LogP contribution in [0.15, 0.2) is 23.2 Å². The number of nitrogens with zero attached hydrogens (tertiary/aromatic N) is 2. The number of amides is 1. The zero-order valence-electron chi connectivity index (χ0n) is 18.1. The largest absolute Gasteiger partial charge is 0.493 e. The molecular weight excluding hydrogens is 385 g/mol. The average molecular weight is 418 g/mol. The van der Waals surface area contributed by atoms with Gasteiger partial charge in [0.15, 0.2) is 11.5 Å². The number of carbonyl (C=O) groups excluding carboxylic acids is 1. The van der Waals surface area contributed by atoms with Crippen LogP contribution >= 0.6 is 0 Å². The van der Waals surface area contributed by atoms with E-state index < -0.39 is 12.2 Å². The predicted octanol–water partition coefficient (Wildman–Crippen LogP) is 3.17. The van der Waals surface area contributed by atoms with Crippen LogP contribution in [0.25, 0.3) is 0 Å². The van der Waals surface area contributed by atoms with Crippen LogP contribution in [-0.4, -0.2) is 49.8 Å². The fraction of sp³-hybridized carbons (Fsp3) is 0.652. The zero-order chi connectivity index (χ0) is 21.5. The van der Waals surface area contributed by atoms with Crippen LogP contribution in [0.4, 0.5) is 4.39 Å². The SMILES string of the molecule is COC1CCC2(CC1)Cc1ccc(OCC(C)C)cc1C21N=C(N)N(CCF)C1=O. The number of ether oxygens (including phenoxy) is 2. The van der Waals surface area contributed by atoms with Crippen LogP contribution in [-0.2, 0) is 21.5 Å². The third-order valence-corrected chi connectivity index (χ3v) is 7.00. The van der Waals surface area contributed by atoms with E-state index in [1.54, 1.807) is 7.11 Å². The van der Waals surface area contributed by atoms with Gasteiger partial charge in [-0.2, -0.15) is 0 Å². The van der Waals surface area contributed by atoms with Crippen molar-refractivity contribution in [2.24, 2.45) is 22.1 Å². The molecule has 1 aliphatic heterocycles. The summed E-state index contributed by atoms with van der Waals surface area (Å²) >= 11 is 0. The molecule has 1 heterocycles. The summed E-state index contributed by atoms with van der Waals surface area (Å²) in [5.41, 5.74) is 6.69. The van der Waals surface area contributed by atoms with Crippen LogP contribution in [0.1, 0.15) is 50.7 Å². The van der Waals surface area contributed by atoms with Crippen molar-refractivity contribution in [1.82, 2.24) is 4.90 Å². The first-order valence-corrected chi connectivity index (χ1v) is 10.9. The van der Waals surface area contributed by atoms with E-state index in [0.717, 1.165) is 49.0 Å². The van der Waals surface area contributed by atoms with Crippen molar-refractivity contribution < 1.29 is 18.7 Å². The summed E-state index contributed by atoms with van der Waals surface area (Å²) in [6.07, 6.45) is 4.32. The van der Waals surface area contributed by atoms with Gasteiger partial charge in [-0.25, -0.2) is 9.38 Å². The van der Waals surface area contributed by atoms with Crippen molar-refractivity contribution in [2.75, 3.05) is 26.9 Å². The van der Waals surface area contributed by atoms with E-state index in [4.69, 9.17) is 20.2 Å². The predicted molar refractivity (Wildman–Crippen MR) is 113 cm³/mol. The lowest BCUT2D eigenvalue weighted by Crippen LogP contribution is -2.52. The summed E-state index contributed by atoms with van der Waals surface area (Å²) in [6, 6.07) is 5.99. The average Bonchev–Trinajstić information content (AvgIpc) is 3.14. The fourth-order valence-electron chi connectivity index (χ4n) is 5.50. The summed E-state index contributed by atoms with van der Waals surface area (Å²) in [5.74, 6) is 1.04. The molecule has 1 unspecified atom stereocenters. The van der Waals surface area contributed by atoms with Crippen molar-refractivity contribution in [2.45, 2.75) is 57.6 Å². The molecule has 4 rings (SSSR count). The molecule has 30 heavy (non-hydrogen) atoms. The number of hydrogen-bond donors (Lipinski definition) is 1. The molecule has 0 saturated heterocycles. The maximum Gasteiger partial charge on any atom is 0.262 e. The third kappa shape index (κ3) is 3.09. The number of carbonyl (C=O) groups is 1. The minimum Gasteiger partial charge on any atom is -0.493 e. The van der Waals surface area contributed by atoms with Crippen LogP contribution in [0.2, 0.25) is 0 Å². The minimum atomic E-state index is -1.10. The Labute approximate surface area is 177 Å². The first-order chi connectivity index (χ1) is 14.4. The van der Waals surface area contributed by atoms with E-state index in [0.29, 0.717) is 12.5 Å². The second kappa shape index (κ2) is 7.84. The molecule has 7 heteroatoms. The molecule has 164 valence electrons. The lowest BCUT2D eigenvalue weighted by atomic mass is 9.61. The number of guanidine groups is 1. The third-order valence-electron chi connectivity index (χ3n) is 7.00. The number of fused-ring (bicyclic) bond motifs is 3. The maximum absolute atomic E-state index is 13.8. The highest BCUT2D eigenvalue weighted by molar-refractivity contribution is 6.08. The van der Waals surface area contributed by atoms with Crippen molar-refractivity contribution in [3.63, 3.8) is 0 Å². The molecule has 1 atom stereocenters. The number of aliphatic imine (C=N–C) groups is 1. The van der Waals surface area contributed by atoms with Crippen LogP contribution in [0.3, 0.4) is 0 Å². The molecule has 6 nitrogen and oxygen atoms in total. The topological polar surface area (TPSA) is 77.2 Å². The summed E-state index contributed by atoms with van der Waals surface area (Å²) in [6.45, 7) is 4.07. The Balaban J connectivity index is 1.79. The molecule has 2 spiro atoms. The van der Waals surface area contributed by atoms with Gasteiger partial charge in [-0.05, 0) is 61.3 Å². The maximum atomic E-state index is 13.8. The van der Waals surface area contributed by atoms with Gasteiger partial charge in [0, 0.05) is 12.5 Å². The van der Waals surface area contributed by atoms with Gasteiger partial charge in [0.2, 0.25) is 0 Å². The van der Waals surface area contributed by atoms with E-state index in [1.807, 2.05) is 12.1 Å². The number of methoxy groups -OCH3 is 1. The van der Waals surface area contributed by atoms with Crippen molar-refractivity contribution in [3.8, 4) is 5.75 Å². The minimum absolute atomic E-state index is 0.0639. The van der Waals surface area contributed by atoms with Gasteiger partial charge in [0.05, 0.1) is 19.3 Å². The van der Waals surface area contributed by atoms with Gasteiger partial charge in [-0.3, -0.25) is 9.69 Å². The molecular formula is C23H32FN3O3. The lowest BCUT2D eigenvalue weighted by Gasteiger charge is -2.45. The molecule has 1 amide bonds. The van der Waals surface area contributed by atoms with E-state index in [9.17, 15) is 9.18 Å². The molecule has 1 aromatic rings. The van der Waals surface area contributed by atoms with Crippen molar-refractivity contribution in [1.29, 1.82) is 0 Å². The van der Waals surface area contributed by atoms with Gasteiger partial charge in [-0.1, -0.05) is 19.9 Å². The van der Waals surface area contributed by atoms with E-state index in [2.05, 4.69) is 19.9 Å². The fourth-order valence-corrected chi connectivity index (χ4v) is 5.50. The second-order valence-corrected chi connectivity index (χ2v) is 9.24. The number of hydrogen-bond acceptors (Lipinski definition) is 5. The Morgan fingerprint density at radius 1 is 1.33 bits per heavy atom. The Bertz CT molecular complexity index is 848. The standard InChI is InChI=1S/C23H32FN3O3/c1-15(2)14-30-18-5-4-16-13-22(8-6-17(29-3)7-9-22)23(19(16)12-18)20(28)27(11-10-24)21(25)26-23/h4-5,12,15,17H,6-11,13-14H2,1-3H3,(H2,25,26). The van der Waals surface area contributed by atoms with E-state index in [-0.39, 0.29) is 29.9 Å². The molecule has 2 aliphatic carbocycles. The molecule has 1 fully saturated rings. The van der Waals surface area contributed by atoms with Gasteiger partial charge in [0.25, 0.3) is 5.91 Å². The first kappa shape index (κ1) is 21.1. The molecule has 1 saturated carbocycles. The summed E-state index contributed by atoms with van der Waals surface area (Å²) in [5, 5.41) is 0. The second-order valence-electron chi connectivity index (χ2n) is 9.24. The van der Waals surface area contributed by atoms with Crippen molar-refractivity contribution in [3.05, 3.63) is 29.3 Å². The number of halogens is 1. The highest BCUT2D eigenvalue weighted by Crippen LogP contribution is 2.62. The molecule has 0 bridgehead atoms.